The second kappa shape index (κ2) is 6.73. The Morgan fingerprint density at radius 1 is 1.42 bits per heavy atom. The van der Waals surface area contributed by atoms with E-state index in [0.29, 0.717) is 6.61 Å². The van der Waals surface area contributed by atoms with Gasteiger partial charge in [0.25, 0.3) is 0 Å². The third kappa shape index (κ3) is 2.91. The van der Waals surface area contributed by atoms with E-state index in [-0.39, 0.29) is 30.1 Å². The Labute approximate surface area is 143 Å². The maximum Gasteiger partial charge on any atom is 0.332 e. The van der Waals surface area contributed by atoms with Crippen LogP contribution in [0.25, 0.3) is 0 Å². The first kappa shape index (κ1) is 17.2. The lowest BCUT2D eigenvalue weighted by atomic mass is 9.63. The maximum absolute atomic E-state index is 11.8. The minimum absolute atomic E-state index is 0.0116. The summed E-state index contributed by atoms with van der Waals surface area (Å²) in [6.45, 7) is 5.48. The number of methoxy groups -OCH3 is 1. The van der Waals surface area contributed by atoms with Gasteiger partial charge in [-0.15, -0.1) is 0 Å². The molecule has 2 aliphatic rings. The van der Waals surface area contributed by atoms with Gasteiger partial charge in [0.05, 0.1) is 19.8 Å². The van der Waals surface area contributed by atoms with Crippen molar-refractivity contribution in [3.63, 3.8) is 0 Å². The zero-order valence-electron chi connectivity index (χ0n) is 15.0. The Kier molecular flexibility index (Phi) is 4.83. The minimum atomic E-state index is -0.293. The average molecular weight is 333 g/mol. The van der Waals surface area contributed by atoms with Gasteiger partial charge in [-0.25, -0.2) is 4.79 Å². The normalized spacial score (nSPS) is 29.0. The quantitative estimate of drug-likeness (QED) is 0.773. The lowest BCUT2D eigenvalue weighted by Crippen LogP contribution is -2.62. The van der Waals surface area contributed by atoms with Crippen LogP contribution in [0.15, 0.2) is 18.2 Å². The zero-order chi connectivity index (χ0) is 17.3. The van der Waals surface area contributed by atoms with Crippen molar-refractivity contribution in [2.75, 3.05) is 33.9 Å². The van der Waals surface area contributed by atoms with Crippen LogP contribution in [-0.4, -0.2) is 56.9 Å². The Balaban J connectivity index is 1.91. The summed E-state index contributed by atoms with van der Waals surface area (Å²) in [6.07, 6.45) is 1.90. The number of hydrogen-bond acceptors (Lipinski definition) is 5. The molecule has 1 aliphatic carbocycles. The third-order valence-electron chi connectivity index (χ3n) is 5.57. The molecular weight excluding hydrogens is 306 g/mol. The van der Waals surface area contributed by atoms with Crippen molar-refractivity contribution < 1.29 is 19.0 Å². The number of esters is 1. The molecule has 1 aromatic rings. The first-order valence-electron chi connectivity index (χ1n) is 8.64. The number of piperidine rings is 1. The summed E-state index contributed by atoms with van der Waals surface area (Å²) >= 11 is 0. The lowest BCUT2D eigenvalue weighted by molar-refractivity contribution is -0.157. The highest BCUT2D eigenvalue weighted by atomic mass is 16.6. The molecule has 1 fully saturated rings. The van der Waals surface area contributed by atoms with Gasteiger partial charge in [-0.05, 0) is 56.6 Å². The Morgan fingerprint density at radius 2 is 2.21 bits per heavy atom. The number of likely N-dealkylation sites (tertiary alicyclic amines) is 1. The maximum atomic E-state index is 11.8. The molecule has 24 heavy (non-hydrogen) atoms. The second-order valence-corrected chi connectivity index (χ2v) is 6.98. The Morgan fingerprint density at radius 3 is 2.92 bits per heavy atom. The molecule has 132 valence electrons. The van der Waals surface area contributed by atoms with Gasteiger partial charge in [0.2, 0.25) is 0 Å². The number of hydrogen-bond donors (Lipinski definition) is 0. The van der Waals surface area contributed by atoms with Crippen molar-refractivity contribution in [3.05, 3.63) is 29.3 Å². The van der Waals surface area contributed by atoms with Crippen molar-refractivity contribution in [1.29, 1.82) is 0 Å². The highest BCUT2D eigenvalue weighted by Gasteiger charge is 2.51. The largest absolute Gasteiger partial charge is 0.497 e. The number of likely N-dealkylation sites (N-methyl/N-ethyl adjacent to an activating group) is 1. The molecule has 0 amide bonds. The van der Waals surface area contributed by atoms with Crippen LogP contribution in [0.2, 0.25) is 0 Å². The number of nitrogens with zero attached hydrogens (tertiary/aromatic N) is 1. The molecule has 3 atom stereocenters. The zero-order valence-corrected chi connectivity index (χ0v) is 15.0. The van der Waals surface area contributed by atoms with Crippen molar-refractivity contribution in [2.24, 2.45) is 0 Å². The summed E-state index contributed by atoms with van der Waals surface area (Å²) in [5.41, 5.74) is 2.53. The first-order valence-corrected chi connectivity index (χ1v) is 8.64. The molecule has 0 spiro atoms. The topological polar surface area (TPSA) is 48.0 Å². The minimum Gasteiger partial charge on any atom is -0.497 e. The predicted molar refractivity (Wildman–Crippen MR) is 91.5 cm³/mol. The highest BCUT2D eigenvalue weighted by Crippen LogP contribution is 2.46. The van der Waals surface area contributed by atoms with E-state index >= 15 is 0 Å². The summed E-state index contributed by atoms with van der Waals surface area (Å²) in [5.74, 6) is 0.578. The van der Waals surface area contributed by atoms with Crippen molar-refractivity contribution in [2.45, 2.75) is 44.2 Å². The van der Waals surface area contributed by atoms with Crippen LogP contribution >= 0.6 is 0 Å². The number of rotatable bonds is 5. The van der Waals surface area contributed by atoms with Gasteiger partial charge >= 0.3 is 5.97 Å². The molecule has 5 nitrogen and oxygen atoms in total. The summed E-state index contributed by atoms with van der Waals surface area (Å²) in [7, 11) is 3.83. The number of benzene rings is 1. The van der Waals surface area contributed by atoms with E-state index in [1.165, 1.54) is 11.1 Å². The number of carbonyl (C=O) groups is 1. The summed E-state index contributed by atoms with van der Waals surface area (Å²) < 4.78 is 16.6. The van der Waals surface area contributed by atoms with Gasteiger partial charge in [-0.3, -0.25) is 0 Å². The summed E-state index contributed by atoms with van der Waals surface area (Å²) in [6, 6.07) is 6.61. The molecule has 1 unspecified atom stereocenters. The van der Waals surface area contributed by atoms with Gasteiger partial charge in [0, 0.05) is 11.5 Å². The molecule has 0 saturated carbocycles. The monoisotopic (exact) mass is 333 g/mol. The molecule has 1 saturated heterocycles. The summed E-state index contributed by atoms with van der Waals surface area (Å²) in [5, 5.41) is 0. The molecular formula is C19H27NO4. The van der Waals surface area contributed by atoms with Crippen molar-refractivity contribution in [3.8, 4) is 5.75 Å². The van der Waals surface area contributed by atoms with E-state index in [1.807, 2.05) is 13.0 Å². The average Bonchev–Trinajstić information content (AvgIpc) is 2.57. The number of ether oxygens (including phenoxy) is 3. The number of carbonyl (C=O) groups excluding carboxylic acids is 1. The summed E-state index contributed by atoms with van der Waals surface area (Å²) in [4.78, 5) is 14.1. The highest BCUT2D eigenvalue weighted by molar-refractivity contribution is 5.70. The number of fused-ring (bicyclic) bond motifs is 4. The first-order chi connectivity index (χ1) is 11.5. The molecule has 0 radical (unpaired) electrons. The molecule has 1 aromatic carbocycles. The van der Waals surface area contributed by atoms with Crippen LogP contribution in [0, 0.1) is 0 Å². The van der Waals surface area contributed by atoms with Crippen LogP contribution in [0.3, 0.4) is 0 Å². The molecule has 2 bridgehead atoms. The Bertz CT molecular complexity index is 617. The van der Waals surface area contributed by atoms with Gasteiger partial charge in [0.15, 0.2) is 0 Å². The smallest absolute Gasteiger partial charge is 0.332 e. The fraction of sp³-hybridized carbons (Fsp3) is 0.632. The van der Waals surface area contributed by atoms with E-state index in [4.69, 9.17) is 14.2 Å². The molecule has 0 N–H and O–H groups in total. The predicted octanol–water partition coefficient (Wildman–Crippen LogP) is 2.16. The van der Waals surface area contributed by atoms with Crippen LogP contribution in [0.1, 0.15) is 31.4 Å². The van der Waals surface area contributed by atoms with Crippen molar-refractivity contribution in [1.82, 2.24) is 4.90 Å². The van der Waals surface area contributed by atoms with E-state index < -0.39 is 0 Å². The molecule has 3 rings (SSSR count). The van der Waals surface area contributed by atoms with Crippen LogP contribution in [0.4, 0.5) is 0 Å². The van der Waals surface area contributed by atoms with E-state index in [0.717, 1.165) is 25.1 Å². The van der Waals surface area contributed by atoms with Gasteiger partial charge in [0.1, 0.15) is 12.4 Å². The van der Waals surface area contributed by atoms with Gasteiger partial charge < -0.3 is 19.1 Å². The van der Waals surface area contributed by atoms with Crippen LogP contribution in [-0.2, 0) is 26.1 Å². The molecule has 5 heteroatoms. The molecule has 1 aliphatic heterocycles. The molecule has 0 aromatic heterocycles. The van der Waals surface area contributed by atoms with Crippen molar-refractivity contribution >= 4 is 5.97 Å². The van der Waals surface area contributed by atoms with E-state index in [1.54, 1.807) is 7.11 Å². The lowest BCUT2D eigenvalue weighted by Gasteiger charge is -2.54. The van der Waals surface area contributed by atoms with E-state index in [9.17, 15) is 4.79 Å². The van der Waals surface area contributed by atoms with Crippen LogP contribution < -0.4 is 4.74 Å². The fourth-order valence-electron chi connectivity index (χ4n) is 4.20. The van der Waals surface area contributed by atoms with Crippen LogP contribution in [0.5, 0.6) is 5.75 Å². The Hall–Kier alpha value is -1.59. The fourth-order valence-corrected chi connectivity index (χ4v) is 4.20. The standard InChI is InChI=1S/C19H27NO4/c1-5-23-17(21)12-24-18-16-10-13-6-7-14(22-4)11-15(13)19(18,2)8-9-20(16)3/h6-7,11,16,18H,5,8-10,12H2,1-4H3/t16?,18-,19+/m0/s1. The van der Waals surface area contributed by atoms with Gasteiger partial charge in [-0.2, -0.15) is 0 Å². The van der Waals surface area contributed by atoms with E-state index in [2.05, 4.69) is 31.0 Å². The third-order valence-corrected chi connectivity index (χ3v) is 5.57. The SMILES string of the molecule is CCOC(=O)CO[C@H]1C2Cc3ccc(OC)cc3[C@@]1(C)CCN2C. The second-order valence-electron chi connectivity index (χ2n) is 6.98. The van der Waals surface area contributed by atoms with Gasteiger partial charge in [-0.1, -0.05) is 13.0 Å². The molecule has 1 heterocycles.